The number of nitrogens with zero attached hydrogens (tertiary/aromatic N) is 1. The van der Waals surface area contributed by atoms with Crippen molar-refractivity contribution in [2.45, 2.75) is 25.7 Å². The molecule has 6 nitrogen and oxygen atoms in total. The summed E-state index contributed by atoms with van der Waals surface area (Å²) in [6.07, 6.45) is 2.77. The molecule has 2 rings (SSSR count). The van der Waals surface area contributed by atoms with Crippen LogP contribution < -0.4 is 4.72 Å². The minimum absolute atomic E-state index is 0.0703. The third-order valence-electron chi connectivity index (χ3n) is 3.21. The molecule has 7 heteroatoms. The van der Waals surface area contributed by atoms with Crippen molar-refractivity contribution in [3.63, 3.8) is 0 Å². The number of piperidine rings is 1. The first-order chi connectivity index (χ1) is 9.47. The first kappa shape index (κ1) is 14.8. The van der Waals surface area contributed by atoms with Gasteiger partial charge in [0.25, 0.3) is 0 Å². The van der Waals surface area contributed by atoms with Crippen LogP contribution in [0.15, 0.2) is 24.3 Å². The molecule has 0 amide bonds. The van der Waals surface area contributed by atoms with Gasteiger partial charge in [-0.05, 0) is 30.5 Å². The van der Waals surface area contributed by atoms with E-state index in [1.54, 1.807) is 24.3 Å². The lowest BCUT2D eigenvalue weighted by atomic mass is 10.1. The smallest absolute Gasteiger partial charge is 0.307 e. The largest absolute Gasteiger partial charge is 0.481 e. The first-order valence-corrected chi connectivity index (χ1v) is 8.00. The van der Waals surface area contributed by atoms with E-state index in [-0.39, 0.29) is 6.42 Å². The topological polar surface area (TPSA) is 86.7 Å². The quantitative estimate of drug-likeness (QED) is 0.861. The minimum Gasteiger partial charge on any atom is -0.481 e. The summed E-state index contributed by atoms with van der Waals surface area (Å²) in [6, 6.07) is 6.39. The molecule has 1 aromatic rings. The fourth-order valence-corrected chi connectivity index (χ4v) is 3.49. The van der Waals surface area contributed by atoms with Crippen LogP contribution in [-0.4, -0.2) is 36.9 Å². The normalized spacial score (nSPS) is 16.8. The van der Waals surface area contributed by atoms with Crippen LogP contribution in [0.1, 0.15) is 24.8 Å². The number of benzene rings is 1. The van der Waals surface area contributed by atoms with Crippen LogP contribution in [-0.2, 0) is 21.4 Å². The number of nitrogens with one attached hydrogen (secondary N) is 1. The number of rotatable bonds is 5. The Morgan fingerprint density at radius 1 is 1.15 bits per heavy atom. The Bertz CT molecular complexity index is 563. The second-order valence-corrected chi connectivity index (χ2v) is 6.50. The van der Waals surface area contributed by atoms with Crippen LogP contribution in [0.2, 0.25) is 0 Å². The van der Waals surface area contributed by atoms with Crippen LogP contribution in [0.4, 0.5) is 5.69 Å². The van der Waals surface area contributed by atoms with Crippen LogP contribution in [0.25, 0.3) is 0 Å². The second-order valence-electron chi connectivity index (χ2n) is 4.83. The summed E-state index contributed by atoms with van der Waals surface area (Å²) in [5.74, 6) is -0.911. The molecule has 1 aliphatic rings. The predicted octanol–water partition coefficient (Wildman–Crippen LogP) is 1.46. The van der Waals surface area contributed by atoms with Crippen molar-refractivity contribution in [3.8, 4) is 0 Å². The Labute approximate surface area is 118 Å². The maximum Gasteiger partial charge on any atom is 0.307 e. The zero-order valence-corrected chi connectivity index (χ0v) is 11.9. The Balaban J connectivity index is 2.03. The molecule has 1 aromatic carbocycles. The van der Waals surface area contributed by atoms with Gasteiger partial charge < -0.3 is 5.11 Å². The number of aliphatic carboxylic acids is 1. The van der Waals surface area contributed by atoms with Gasteiger partial charge in [0.1, 0.15) is 0 Å². The number of anilines is 1. The average Bonchev–Trinajstić information content (AvgIpc) is 2.41. The third kappa shape index (κ3) is 3.94. The fourth-order valence-electron chi connectivity index (χ4n) is 2.18. The number of carboxylic acids is 1. The third-order valence-corrected chi connectivity index (χ3v) is 4.75. The molecule has 1 saturated heterocycles. The van der Waals surface area contributed by atoms with E-state index in [4.69, 9.17) is 5.11 Å². The molecular weight excluding hydrogens is 280 g/mol. The van der Waals surface area contributed by atoms with Gasteiger partial charge in [-0.3, -0.25) is 9.52 Å². The number of hydrogen-bond acceptors (Lipinski definition) is 3. The standard InChI is InChI=1S/C13H18N2O4S/c16-13(17)10-11-4-6-12(7-5-11)14-20(18,19)15-8-2-1-3-9-15/h4-7,14H,1-3,8-10H2,(H,16,17). The molecule has 0 atom stereocenters. The fraction of sp³-hybridized carbons (Fsp3) is 0.462. The van der Waals surface area contributed by atoms with Gasteiger partial charge in [-0.1, -0.05) is 18.6 Å². The molecule has 1 aliphatic heterocycles. The molecule has 0 spiro atoms. The summed E-state index contributed by atoms with van der Waals surface area (Å²) >= 11 is 0. The van der Waals surface area contributed by atoms with E-state index in [1.807, 2.05) is 0 Å². The predicted molar refractivity (Wildman–Crippen MR) is 75.7 cm³/mol. The van der Waals surface area contributed by atoms with Crippen molar-refractivity contribution >= 4 is 21.9 Å². The highest BCUT2D eigenvalue weighted by Gasteiger charge is 2.23. The zero-order chi connectivity index (χ0) is 14.6. The van der Waals surface area contributed by atoms with E-state index < -0.39 is 16.2 Å². The van der Waals surface area contributed by atoms with Gasteiger partial charge >= 0.3 is 16.2 Å². The molecule has 0 saturated carbocycles. The van der Waals surface area contributed by atoms with Crippen molar-refractivity contribution in [2.24, 2.45) is 0 Å². The summed E-state index contributed by atoms with van der Waals surface area (Å²) in [4.78, 5) is 10.6. The summed E-state index contributed by atoms with van der Waals surface area (Å²) in [5, 5.41) is 8.67. The van der Waals surface area contributed by atoms with E-state index in [9.17, 15) is 13.2 Å². The van der Waals surface area contributed by atoms with E-state index in [0.29, 0.717) is 24.3 Å². The lowest BCUT2D eigenvalue weighted by Crippen LogP contribution is -2.39. The van der Waals surface area contributed by atoms with Crippen LogP contribution in [0, 0.1) is 0 Å². The maximum atomic E-state index is 12.1. The van der Waals surface area contributed by atoms with Gasteiger partial charge in [0.15, 0.2) is 0 Å². The molecule has 0 aliphatic carbocycles. The van der Waals surface area contributed by atoms with Crippen molar-refractivity contribution in [3.05, 3.63) is 29.8 Å². The van der Waals surface area contributed by atoms with E-state index in [1.165, 1.54) is 4.31 Å². The molecule has 110 valence electrons. The highest BCUT2D eigenvalue weighted by Crippen LogP contribution is 2.17. The summed E-state index contributed by atoms with van der Waals surface area (Å²) < 4.78 is 28.2. The highest BCUT2D eigenvalue weighted by atomic mass is 32.2. The second kappa shape index (κ2) is 6.23. The molecule has 0 unspecified atom stereocenters. The first-order valence-electron chi connectivity index (χ1n) is 6.56. The van der Waals surface area contributed by atoms with Crippen LogP contribution in [0.5, 0.6) is 0 Å². The van der Waals surface area contributed by atoms with E-state index >= 15 is 0 Å². The molecule has 1 fully saturated rings. The molecule has 1 heterocycles. The monoisotopic (exact) mass is 298 g/mol. The maximum absolute atomic E-state index is 12.1. The van der Waals surface area contributed by atoms with Gasteiger partial charge in [0.05, 0.1) is 6.42 Å². The molecular formula is C13H18N2O4S. The molecule has 20 heavy (non-hydrogen) atoms. The van der Waals surface area contributed by atoms with Gasteiger partial charge in [0.2, 0.25) is 0 Å². The zero-order valence-electron chi connectivity index (χ0n) is 11.1. The molecule has 0 aromatic heterocycles. The van der Waals surface area contributed by atoms with Crippen molar-refractivity contribution in [1.29, 1.82) is 0 Å². The van der Waals surface area contributed by atoms with Crippen molar-refractivity contribution in [2.75, 3.05) is 17.8 Å². The van der Waals surface area contributed by atoms with Crippen LogP contribution in [0.3, 0.4) is 0 Å². The van der Waals surface area contributed by atoms with Gasteiger partial charge in [-0.2, -0.15) is 12.7 Å². The summed E-state index contributed by atoms with van der Waals surface area (Å²) in [5.41, 5.74) is 1.09. The SMILES string of the molecule is O=C(O)Cc1ccc(NS(=O)(=O)N2CCCCC2)cc1. The van der Waals surface area contributed by atoms with Gasteiger partial charge in [-0.25, -0.2) is 0 Å². The van der Waals surface area contributed by atoms with Crippen molar-refractivity contribution < 1.29 is 18.3 Å². The average molecular weight is 298 g/mol. The molecule has 0 bridgehead atoms. The minimum atomic E-state index is -3.51. The molecule has 2 N–H and O–H groups in total. The van der Waals surface area contributed by atoms with Gasteiger partial charge in [-0.15, -0.1) is 0 Å². The number of hydrogen-bond donors (Lipinski definition) is 2. The lowest BCUT2D eigenvalue weighted by Gasteiger charge is -2.26. The Morgan fingerprint density at radius 3 is 2.30 bits per heavy atom. The van der Waals surface area contributed by atoms with Crippen molar-refractivity contribution in [1.82, 2.24) is 4.31 Å². The lowest BCUT2D eigenvalue weighted by molar-refractivity contribution is -0.136. The Kier molecular flexibility index (Phi) is 4.61. The van der Waals surface area contributed by atoms with Gasteiger partial charge in [0, 0.05) is 18.8 Å². The van der Waals surface area contributed by atoms with E-state index in [0.717, 1.165) is 19.3 Å². The van der Waals surface area contributed by atoms with E-state index in [2.05, 4.69) is 4.72 Å². The number of carbonyl (C=O) groups is 1. The summed E-state index contributed by atoms with van der Waals surface area (Å²) in [6.45, 7) is 1.10. The summed E-state index contributed by atoms with van der Waals surface area (Å²) in [7, 11) is -3.51. The Hall–Kier alpha value is -1.60. The highest BCUT2D eigenvalue weighted by molar-refractivity contribution is 7.90. The van der Waals surface area contributed by atoms with Crippen LogP contribution >= 0.6 is 0 Å². The molecule has 0 radical (unpaired) electrons. The number of carboxylic acid groups (broad SMARTS) is 1. The Morgan fingerprint density at radius 2 is 1.75 bits per heavy atom.